The maximum absolute atomic E-state index is 11.1. The predicted molar refractivity (Wildman–Crippen MR) is 19.6 cm³/mol. The van der Waals surface area contributed by atoms with E-state index in [0.29, 0.717) is 0 Å². The Hall–Kier alpha value is -0.380. The molecule has 1 amide bonds. The highest BCUT2D eigenvalue weighted by Crippen LogP contribution is 2.11. The van der Waals surface area contributed by atoms with Crippen LogP contribution in [0.2, 0.25) is 0 Å². The van der Waals surface area contributed by atoms with E-state index < -0.39 is 5.51 Å². The van der Waals surface area contributed by atoms with Crippen LogP contribution in [0.25, 0.3) is 0 Å². The summed E-state index contributed by atoms with van der Waals surface area (Å²) in [4.78, 5) is 9.02. The second kappa shape index (κ2) is 2.07. The minimum atomic E-state index is -3.65. The first-order valence-corrected chi connectivity index (χ1v) is 1.65. The van der Waals surface area contributed by atoms with Gasteiger partial charge in [-0.3, -0.25) is 10.1 Å². The molecular formula is C2HClF2NO. The van der Waals surface area contributed by atoms with Crippen LogP contribution in [-0.4, -0.2) is 11.9 Å². The molecule has 0 saturated heterocycles. The molecule has 0 bridgehead atoms. The Balaban J connectivity index is 3.34. The number of nitrogens with one attached hydrogen (secondary N) is 1. The molecule has 0 aromatic heterocycles. The lowest BCUT2D eigenvalue weighted by atomic mass is 11.1. The SMILES string of the molecule is O=[C]NC(F)(F)Cl. The Morgan fingerprint density at radius 1 is 1.71 bits per heavy atom. The van der Waals surface area contributed by atoms with Gasteiger partial charge in [0.05, 0.1) is 0 Å². The van der Waals surface area contributed by atoms with Crippen LogP contribution in [0, 0.1) is 0 Å². The van der Waals surface area contributed by atoms with E-state index in [2.05, 4.69) is 11.6 Å². The first-order valence-electron chi connectivity index (χ1n) is 1.27. The molecule has 0 aromatic rings. The van der Waals surface area contributed by atoms with Crippen molar-refractivity contribution in [3.63, 3.8) is 0 Å². The average molecular weight is 128 g/mol. The summed E-state index contributed by atoms with van der Waals surface area (Å²) >= 11 is 4.13. The van der Waals surface area contributed by atoms with E-state index in [-0.39, 0.29) is 0 Å². The summed E-state index contributed by atoms with van der Waals surface area (Å²) in [5.41, 5.74) is -3.65. The number of amides is 1. The number of alkyl halides is 3. The summed E-state index contributed by atoms with van der Waals surface area (Å²) in [7, 11) is 0. The molecule has 2 nitrogen and oxygen atoms in total. The molecule has 0 spiro atoms. The zero-order valence-corrected chi connectivity index (χ0v) is 3.80. The molecule has 0 aliphatic heterocycles. The maximum atomic E-state index is 11.1. The van der Waals surface area contributed by atoms with Crippen molar-refractivity contribution >= 4 is 18.0 Å². The highest BCUT2D eigenvalue weighted by molar-refractivity contribution is 6.21. The minimum Gasteiger partial charge on any atom is -0.275 e. The van der Waals surface area contributed by atoms with Gasteiger partial charge in [-0.25, -0.2) is 0 Å². The summed E-state index contributed by atoms with van der Waals surface area (Å²) < 4.78 is 22.2. The van der Waals surface area contributed by atoms with Gasteiger partial charge in [0.25, 0.3) is 0 Å². The van der Waals surface area contributed by atoms with Crippen LogP contribution in [0.15, 0.2) is 0 Å². The third kappa shape index (κ3) is 5.62. The summed E-state index contributed by atoms with van der Waals surface area (Å²) in [6.45, 7) is 0. The molecule has 0 atom stereocenters. The molecular weight excluding hydrogens is 127 g/mol. The third-order valence-electron chi connectivity index (χ3n) is 0.193. The van der Waals surface area contributed by atoms with Crippen LogP contribution in [0.3, 0.4) is 0 Å². The Bertz CT molecular complexity index is 70.6. The van der Waals surface area contributed by atoms with Gasteiger partial charge in [0, 0.05) is 0 Å². The van der Waals surface area contributed by atoms with E-state index in [9.17, 15) is 8.78 Å². The lowest BCUT2D eigenvalue weighted by molar-refractivity contribution is 0.0789. The van der Waals surface area contributed by atoms with Crippen molar-refractivity contribution in [1.82, 2.24) is 5.32 Å². The summed E-state index contributed by atoms with van der Waals surface area (Å²) in [5.74, 6) is 0. The standard InChI is InChI=1S/C2HClF2NO/c3-2(4,5)6-1-7/h(H,6,7). The van der Waals surface area contributed by atoms with Gasteiger partial charge in [0.15, 0.2) is 0 Å². The Labute approximate surface area is 43.4 Å². The first-order chi connectivity index (χ1) is 3.06. The second-order valence-corrected chi connectivity index (χ2v) is 1.20. The molecule has 7 heavy (non-hydrogen) atoms. The zero-order valence-electron chi connectivity index (χ0n) is 3.04. The highest BCUT2D eigenvalue weighted by atomic mass is 35.5. The predicted octanol–water partition coefficient (Wildman–Crippen LogP) is 0.432. The van der Waals surface area contributed by atoms with E-state index in [1.165, 1.54) is 0 Å². The van der Waals surface area contributed by atoms with E-state index in [0.717, 1.165) is 11.7 Å². The lowest BCUT2D eigenvalue weighted by Gasteiger charge is -2.00. The van der Waals surface area contributed by atoms with Crippen LogP contribution in [0.4, 0.5) is 8.78 Å². The van der Waals surface area contributed by atoms with Gasteiger partial charge in [-0.15, -0.1) is 0 Å². The van der Waals surface area contributed by atoms with E-state index in [1.807, 2.05) is 0 Å². The van der Waals surface area contributed by atoms with Gasteiger partial charge in [0.2, 0.25) is 0 Å². The fraction of sp³-hybridized carbons (Fsp3) is 0.500. The van der Waals surface area contributed by atoms with Crippen LogP contribution in [-0.2, 0) is 4.79 Å². The number of halogens is 3. The van der Waals surface area contributed by atoms with E-state index >= 15 is 0 Å². The van der Waals surface area contributed by atoms with Crippen molar-refractivity contribution in [1.29, 1.82) is 0 Å². The van der Waals surface area contributed by atoms with Gasteiger partial charge >= 0.3 is 11.9 Å². The zero-order chi connectivity index (χ0) is 5.91. The molecule has 0 heterocycles. The van der Waals surface area contributed by atoms with E-state index in [4.69, 9.17) is 4.79 Å². The molecule has 0 aliphatic rings. The Kier molecular flexibility index (Phi) is 1.95. The van der Waals surface area contributed by atoms with Gasteiger partial charge in [0.1, 0.15) is 0 Å². The minimum absolute atomic E-state index is 0.726. The monoisotopic (exact) mass is 128 g/mol. The van der Waals surface area contributed by atoms with Crippen LogP contribution < -0.4 is 5.32 Å². The molecule has 0 aromatic carbocycles. The molecule has 1 N–H and O–H groups in total. The van der Waals surface area contributed by atoms with Crippen molar-refractivity contribution in [3.8, 4) is 0 Å². The van der Waals surface area contributed by atoms with Gasteiger partial charge in [-0.1, -0.05) is 0 Å². The number of carbonyl (C=O) groups excluding carboxylic acids is 1. The molecule has 0 fully saturated rings. The Morgan fingerprint density at radius 3 is 2.14 bits per heavy atom. The molecule has 0 rings (SSSR count). The number of hydrogen-bond acceptors (Lipinski definition) is 1. The Morgan fingerprint density at radius 2 is 2.14 bits per heavy atom. The summed E-state index contributed by atoms with van der Waals surface area (Å²) in [6, 6.07) is 0. The van der Waals surface area contributed by atoms with Gasteiger partial charge in [-0.05, 0) is 11.6 Å². The smallest absolute Gasteiger partial charge is 0.275 e. The quantitative estimate of drug-likeness (QED) is 0.326. The largest absolute Gasteiger partial charge is 0.407 e. The summed E-state index contributed by atoms with van der Waals surface area (Å²) in [5, 5.41) is 0.911. The molecule has 41 valence electrons. The topological polar surface area (TPSA) is 29.1 Å². The third-order valence-corrected chi connectivity index (χ3v) is 0.287. The lowest BCUT2D eigenvalue weighted by Crippen LogP contribution is -2.28. The van der Waals surface area contributed by atoms with Crippen LogP contribution in [0.5, 0.6) is 0 Å². The van der Waals surface area contributed by atoms with E-state index in [1.54, 1.807) is 0 Å². The van der Waals surface area contributed by atoms with Crippen LogP contribution in [0.1, 0.15) is 0 Å². The number of rotatable bonds is 2. The molecule has 0 saturated carbocycles. The summed E-state index contributed by atoms with van der Waals surface area (Å²) in [6.07, 6.45) is 0.726. The van der Waals surface area contributed by atoms with Crippen LogP contribution >= 0.6 is 11.6 Å². The normalized spacial score (nSPS) is 10.7. The average Bonchev–Trinajstić information content (AvgIpc) is 1.30. The van der Waals surface area contributed by atoms with Crippen molar-refractivity contribution < 1.29 is 13.6 Å². The molecule has 0 unspecified atom stereocenters. The fourth-order valence-electron chi connectivity index (χ4n) is 0.0579. The van der Waals surface area contributed by atoms with Crippen molar-refractivity contribution in [2.24, 2.45) is 0 Å². The maximum Gasteiger partial charge on any atom is 0.407 e. The molecule has 1 radical (unpaired) electrons. The van der Waals surface area contributed by atoms with Crippen molar-refractivity contribution in [3.05, 3.63) is 0 Å². The molecule has 0 aliphatic carbocycles. The van der Waals surface area contributed by atoms with Crippen molar-refractivity contribution in [2.75, 3.05) is 0 Å². The van der Waals surface area contributed by atoms with Crippen molar-refractivity contribution in [2.45, 2.75) is 5.51 Å². The molecule has 5 heteroatoms. The first kappa shape index (κ1) is 6.62. The van der Waals surface area contributed by atoms with Gasteiger partial charge in [-0.2, -0.15) is 8.78 Å². The van der Waals surface area contributed by atoms with Gasteiger partial charge < -0.3 is 0 Å². The fourth-order valence-corrected chi connectivity index (χ4v) is 0.0964. The highest BCUT2D eigenvalue weighted by Gasteiger charge is 2.22. The second-order valence-electron chi connectivity index (χ2n) is 0.725. The number of hydrogen-bond donors (Lipinski definition) is 1.